The molecule has 1 aromatic heterocycles. The summed E-state index contributed by atoms with van der Waals surface area (Å²) in [7, 11) is 0. The van der Waals surface area contributed by atoms with Crippen molar-refractivity contribution in [1.82, 2.24) is 9.80 Å². The van der Waals surface area contributed by atoms with E-state index in [1.807, 2.05) is 6.07 Å². The molecule has 2 aliphatic heterocycles. The zero-order chi connectivity index (χ0) is 14.7. The molecule has 2 aliphatic rings. The quantitative estimate of drug-likeness (QED) is 0.849. The minimum absolute atomic E-state index is 0.749. The predicted molar refractivity (Wildman–Crippen MR) is 85.5 cm³/mol. The molecule has 0 aromatic carbocycles. The van der Waals surface area contributed by atoms with Gasteiger partial charge in [0.05, 0.1) is 0 Å². The van der Waals surface area contributed by atoms with Crippen molar-refractivity contribution >= 4 is 23.4 Å². The first-order valence-electron chi connectivity index (χ1n) is 7.67. The Bertz CT molecular complexity index is 520. The number of carbonyl (C=O) groups is 1. The molecule has 2 fully saturated rings. The molecule has 1 aromatic rings. The molecule has 1 unspecified atom stereocenters. The van der Waals surface area contributed by atoms with Crippen molar-refractivity contribution in [2.75, 3.05) is 26.2 Å². The van der Waals surface area contributed by atoms with Crippen LogP contribution in [0.2, 0.25) is 0 Å². The Morgan fingerprint density at radius 2 is 2.14 bits per heavy atom. The topological polar surface area (TPSA) is 43.8 Å². The highest BCUT2D eigenvalue weighted by molar-refractivity contribution is 7.12. The molecule has 1 N–H and O–H groups in total. The summed E-state index contributed by atoms with van der Waals surface area (Å²) in [5.74, 6) is -0.891. The molecular formula is C16H22N2O2S. The van der Waals surface area contributed by atoms with Gasteiger partial charge in [-0.1, -0.05) is 0 Å². The number of nitrogens with zero attached hydrogens (tertiary/aromatic N) is 2. The first-order chi connectivity index (χ1) is 10.2. The summed E-state index contributed by atoms with van der Waals surface area (Å²) in [5.41, 5.74) is 0. The molecule has 0 spiro atoms. The third kappa shape index (κ3) is 3.93. The summed E-state index contributed by atoms with van der Waals surface area (Å²) in [5, 5.41) is 8.65. The Kier molecular flexibility index (Phi) is 4.73. The smallest absolute Gasteiger partial charge is 0.328 e. The average molecular weight is 306 g/mol. The van der Waals surface area contributed by atoms with Crippen LogP contribution >= 0.6 is 11.3 Å². The van der Waals surface area contributed by atoms with Crippen LogP contribution in [0.4, 0.5) is 0 Å². The van der Waals surface area contributed by atoms with Gasteiger partial charge in [-0.3, -0.25) is 9.80 Å². The van der Waals surface area contributed by atoms with Gasteiger partial charge < -0.3 is 5.11 Å². The van der Waals surface area contributed by atoms with E-state index in [0.29, 0.717) is 0 Å². The van der Waals surface area contributed by atoms with E-state index in [4.69, 9.17) is 5.11 Å². The molecule has 0 radical (unpaired) electrons. The zero-order valence-corrected chi connectivity index (χ0v) is 13.0. The third-order valence-corrected chi connectivity index (χ3v) is 5.39. The SMILES string of the molecule is O=C(O)C=Cc1ccc(CN2CCC(N3CCCC3)C2)s1. The highest BCUT2D eigenvalue weighted by atomic mass is 32.1. The average Bonchev–Trinajstić information content (AvgIpc) is 3.18. The van der Waals surface area contributed by atoms with Crippen LogP contribution in [0.5, 0.6) is 0 Å². The number of hydrogen-bond acceptors (Lipinski definition) is 4. The normalized spacial score (nSPS) is 24.3. The molecule has 0 saturated carbocycles. The molecule has 3 heterocycles. The van der Waals surface area contributed by atoms with Gasteiger partial charge in [0.25, 0.3) is 0 Å². The van der Waals surface area contributed by atoms with E-state index in [0.717, 1.165) is 17.5 Å². The minimum Gasteiger partial charge on any atom is -0.478 e. The number of rotatable bonds is 5. The van der Waals surface area contributed by atoms with Gasteiger partial charge in [0.15, 0.2) is 0 Å². The van der Waals surface area contributed by atoms with Gasteiger partial charge in [0.2, 0.25) is 0 Å². The minimum atomic E-state index is -0.891. The summed E-state index contributed by atoms with van der Waals surface area (Å²) >= 11 is 1.69. The molecule has 5 heteroatoms. The second-order valence-corrected chi connectivity index (χ2v) is 7.10. The van der Waals surface area contributed by atoms with Crippen molar-refractivity contribution in [2.24, 2.45) is 0 Å². The second-order valence-electron chi connectivity index (χ2n) is 5.90. The first-order valence-corrected chi connectivity index (χ1v) is 8.48. The highest BCUT2D eigenvalue weighted by Crippen LogP contribution is 2.24. The lowest BCUT2D eigenvalue weighted by molar-refractivity contribution is -0.131. The van der Waals surface area contributed by atoms with Crippen molar-refractivity contribution in [3.63, 3.8) is 0 Å². The van der Waals surface area contributed by atoms with E-state index in [2.05, 4.69) is 15.9 Å². The number of carboxylic acids is 1. The predicted octanol–water partition coefficient (Wildman–Crippen LogP) is 2.52. The van der Waals surface area contributed by atoms with Gasteiger partial charge in [-0.05, 0) is 50.6 Å². The lowest BCUT2D eigenvalue weighted by atomic mass is 10.2. The molecule has 114 valence electrons. The fourth-order valence-corrected chi connectivity index (χ4v) is 4.26. The number of carboxylic acid groups (broad SMARTS) is 1. The fraction of sp³-hybridized carbons (Fsp3) is 0.562. The third-order valence-electron chi connectivity index (χ3n) is 4.36. The van der Waals surface area contributed by atoms with Crippen molar-refractivity contribution in [2.45, 2.75) is 31.8 Å². The van der Waals surface area contributed by atoms with E-state index in [-0.39, 0.29) is 0 Å². The molecular weight excluding hydrogens is 284 g/mol. The van der Waals surface area contributed by atoms with Crippen LogP contribution in [-0.4, -0.2) is 53.1 Å². The number of likely N-dealkylation sites (tertiary alicyclic amines) is 2. The Balaban J connectivity index is 1.52. The van der Waals surface area contributed by atoms with Crippen molar-refractivity contribution in [3.8, 4) is 0 Å². The van der Waals surface area contributed by atoms with Crippen LogP contribution in [0.15, 0.2) is 18.2 Å². The Hall–Kier alpha value is -1.17. The second kappa shape index (κ2) is 6.73. The number of hydrogen-bond donors (Lipinski definition) is 1. The number of aliphatic carboxylic acids is 1. The van der Waals surface area contributed by atoms with Gasteiger partial charge in [-0.2, -0.15) is 0 Å². The zero-order valence-electron chi connectivity index (χ0n) is 12.2. The maximum Gasteiger partial charge on any atom is 0.328 e. The molecule has 21 heavy (non-hydrogen) atoms. The van der Waals surface area contributed by atoms with Gasteiger partial charge >= 0.3 is 5.97 Å². The van der Waals surface area contributed by atoms with Gasteiger partial charge in [-0.25, -0.2) is 4.79 Å². The van der Waals surface area contributed by atoms with Gasteiger partial charge in [0, 0.05) is 41.5 Å². The van der Waals surface area contributed by atoms with Crippen LogP contribution in [0, 0.1) is 0 Å². The van der Waals surface area contributed by atoms with Gasteiger partial charge in [-0.15, -0.1) is 11.3 Å². The Morgan fingerprint density at radius 3 is 2.90 bits per heavy atom. The van der Waals surface area contributed by atoms with Crippen LogP contribution in [-0.2, 0) is 11.3 Å². The monoisotopic (exact) mass is 306 g/mol. The molecule has 1 atom stereocenters. The molecule has 0 amide bonds. The molecule has 0 bridgehead atoms. The van der Waals surface area contributed by atoms with E-state index in [9.17, 15) is 4.79 Å². The first kappa shape index (κ1) is 14.8. The Morgan fingerprint density at radius 1 is 1.33 bits per heavy atom. The largest absolute Gasteiger partial charge is 0.478 e. The standard InChI is InChI=1S/C16H22N2O2S/c19-16(20)6-5-14-3-4-15(21-14)12-17-10-7-13(11-17)18-8-1-2-9-18/h3-6,13H,1-2,7-12H2,(H,19,20). The maximum absolute atomic E-state index is 10.5. The highest BCUT2D eigenvalue weighted by Gasteiger charge is 2.29. The van der Waals surface area contributed by atoms with E-state index < -0.39 is 5.97 Å². The lowest BCUT2D eigenvalue weighted by Crippen LogP contribution is -2.35. The van der Waals surface area contributed by atoms with Crippen LogP contribution < -0.4 is 0 Å². The van der Waals surface area contributed by atoms with E-state index >= 15 is 0 Å². The van der Waals surface area contributed by atoms with Crippen molar-refractivity contribution in [1.29, 1.82) is 0 Å². The van der Waals surface area contributed by atoms with Crippen LogP contribution in [0.1, 0.15) is 29.0 Å². The van der Waals surface area contributed by atoms with Crippen molar-refractivity contribution < 1.29 is 9.90 Å². The van der Waals surface area contributed by atoms with Crippen LogP contribution in [0.3, 0.4) is 0 Å². The maximum atomic E-state index is 10.5. The molecule has 0 aliphatic carbocycles. The molecule has 2 saturated heterocycles. The molecule has 3 rings (SSSR count). The van der Waals surface area contributed by atoms with Crippen molar-refractivity contribution in [3.05, 3.63) is 28.0 Å². The number of thiophene rings is 1. The Labute approximate surface area is 129 Å². The summed E-state index contributed by atoms with van der Waals surface area (Å²) in [4.78, 5) is 18.0. The van der Waals surface area contributed by atoms with Crippen LogP contribution in [0.25, 0.3) is 6.08 Å². The summed E-state index contributed by atoms with van der Waals surface area (Å²) in [6.07, 6.45) is 6.89. The summed E-state index contributed by atoms with van der Waals surface area (Å²) in [6.45, 7) is 5.91. The van der Waals surface area contributed by atoms with E-state index in [1.54, 1.807) is 17.4 Å². The lowest BCUT2D eigenvalue weighted by Gasteiger charge is -2.23. The summed E-state index contributed by atoms with van der Waals surface area (Å²) < 4.78 is 0. The summed E-state index contributed by atoms with van der Waals surface area (Å²) in [6, 6.07) is 4.88. The van der Waals surface area contributed by atoms with Gasteiger partial charge in [0.1, 0.15) is 0 Å². The van der Waals surface area contributed by atoms with E-state index in [1.165, 1.54) is 56.4 Å². The molecule has 4 nitrogen and oxygen atoms in total. The fourth-order valence-electron chi connectivity index (χ4n) is 3.30.